The van der Waals surface area contributed by atoms with Crippen LogP contribution in [0.3, 0.4) is 0 Å². The summed E-state index contributed by atoms with van der Waals surface area (Å²) in [5.41, 5.74) is 7.74. The lowest BCUT2D eigenvalue weighted by Crippen LogP contribution is -2.36. The minimum Gasteiger partial charge on any atom is -0.383 e. The third-order valence-corrected chi connectivity index (χ3v) is 6.36. The summed E-state index contributed by atoms with van der Waals surface area (Å²) in [5.74, 6) is 1.57. The summed E-state index contributed by atoms with van der Waals surface area (Å²) < 4.78 is 0. The molecule has 3 heterocycles. The first-order valence-corrected chi connectivity index (χ1v) is 9.53. The first-order chi connectivity index (χ1) is 11.3. The van der Waals surface area contributed by atoms with Crippen LogP contribution in [0.4, 0.5) is 5.82 Å². The number of hydrogen-bond acceptors (Lipinski definition) is 6. The molecule has 1 atom stereocenters. The number of nitrogen functional groups attached to an aromatic ring is 1. The average Bonchev–Trinajstić information content (AvgIpc) is 3.12. The van der Waals surface area contributed by atoms with E-state index in [1.54, 1.807) is 0 Å². The van der Waals surface area contributed by atoms with Gasteiger partial charge in [0, 0.05) is 17.5 Å². The van der Waals surface area contributed by atoms with Gasteiger partial charge in [-0.2, -0.15) is 0 Å². The van der Waals surface area contributed by atoms with Crippen LogP contribution in [0, 0.1) is 0 Å². The largest absolute Gasteiger partial charge is 0.383 e. The highest BCUT2D eigenvalue weighted by molar-refractivity contribution is 7.19. The Balaban J connectivity index is 1.63. The molecule has 0 radical (unpaired) electrons. The number of aryl methyl sites for hydroxylation is 2. The fourth-order valence-electron chi connectivity index (χ4n) is 4.05. The summed E-state index contributed by atoms with van der Waals surface area (Å²) in [6, 6.07) is 0.595. The van der Waals surface area contributed by atoms with Crippen molar-refractivity contribution in [2.75, 3.05) is 25.9 Å². The number of nitrogens with zero attached hydrogens (tertiary/aromatic N) is 3. The van der Waals surface area contributed by atoms with Gasteiger partial charge in [0.15, 0.2) is 0 Å². The van der Waals surface area contributed by atoms with E-state index in [9.17, 15) is 0 Å². The number of anilines is 1. The van der Waals surface area contributed by atoms with Crippen LogP contribution in [0.25, 0.3) is 10.2 Å². The normalized spacial score (nSPS) is 21.9. The number of rotatable bonds is 4. The van der Waals surface area contributed by atoms with E-state index in [1.165, 1.54) is 42.5 Å². The van der Waals surface area contributed by atoms with Crippen molar-refractivity contribution in [3.05, 3.63) is 16.3 Å². The Morgan fingerprint density at radius 1 is 1.26 bits per heavy atom. The molecule has 0 amide bonds. The molecule has 5 nitrogen and oxygen atoms in total. The molecule has 4 rings (SSSR count). The number of likely N-dealkylation sites (tertiary alicyclic amines) is 1. The maximum absolute atomic E-state index is 6.32. The van der Waals surface area contributed by atoms with Crippen molar-refractivity contribution >= 4 is 27.4 Å². The highest BCUT2D eigenvalue weighted by Gasteiger charge is 2.26. The van der Waals surface area contributed by atoms with Gasteiger partial charge in [-0.1, -0.05) is 0 Å². The molecule has 2 aliphatic rings. The summed E-state index contributed by atoms with van der Waals surface area (Å²) in [5, 5.41) is 4.43. The summed E-state index contributed by atoms with van der Waals surface area (Å²) in [6.45, 7) is 2.98. The van der Waals surface area contributed by atoms with Gasteiger partial charge in [-0.3, -0.25) is 4.90 Å². The van der Waals surface area contributed by atoms with Crippen LogP contribution in [-0.4, -0.2) is 41.0 Å². The van der Waals surface area contributed by atoms with Gasteiger partial charge in [-0.25, -0.2) is 9.97 Å². The van der Waals surface area contributed by atoms with E-state index >= 15 is 0 Å². The van der Waals surface area contributed by atoms with Gasteiger partial charge < -0.3 is 11.1 Å². The predicted octanol–water partition coefficient (Wildman–Crippen LogP) is 2.34. The summed E-state index contributed by atoms with van der Waals surface area (Å²) >= 11 is 1.84. The van der Waals surface area contributed by atoms with Crippen LogP contribution in [0.1, 0.15) is 41.9 Å². The molecule has 3 N–H and O–H groups in total. The third-order valence-electron chi connectivity index (χ3n) is 5.17. The van der Waals surface area contributed by atoms with Gasteiger partial charge >= 0.3 is 0 Å². The van der Waals surface area contributed by atoms with Crippen molar-refractivity contribution in [1.29, 1.82) is 0 Å². The van der Waals surface area contributed by atoms with E-state index in [2.05, 4.69) is 15.2 Å². The number of fused-ring (bicyclic) bond motifs is 3. The van der Waals surface area contributed by atoms with E-state index in [0.29, 0.717) is 11.9 Å². The minimum atomic E-state index is 0.595. The van der Waals surface area contributed by atoms with E-state index < -0.39 is 0 Å². The van der Waals surface area contributed by atoms with Crippen molar-refractivity contribution in [2.24, 2.45) is 0 Å². The molecule has 23 heavy (non-hydrogen) atoms. The van der Waals surface area contributed by atoms with E-state index in [0.717, 1.165) is 42.1 Å². The van der Waals surface area contributed by atoms with Crippen LogP contribution >= 0.6 is 11.3 Å². The van der Waals surface area contributed by atoms with Crippen LogP contribution < -0.4 is 11.1 Å². The van der Waals surface area contributed by atoms with Crippen molar-refractivity contribution < 1.29 is 0 Å². The number of nitrogens with one attached hydrogen (secondary N) is 1. The smallest absolute Gasteiger partial charge is 0.146 e. The minimum absolute atomic E-state index is 0.595. The number of thiophene rings is 1. The Morgan fingerprint density at radius 2 is 2.13 bits per heavy atom. The molecule has 0 aromatic carbocycles. The van der Waals surface area contributed by atoms with Gasteiger partial charge in [-0.05, 0) is 57.7 Å². The Bertz CT molecular complexity index is 711. The zero-order valence-corrected chi connectivity index (χ0v) is 14.6. The van der Waals surface area contributed by atoms with Gasteiger partial charge in [0.05, 0.1) is 11.9 Å². The molecule has 6 heteroatoms. The number of hydrogen-bond donors (Lipinski definition) is 2. The number of likely N-dealkylation sites (N-methyl/N-ethyl adjacent to an activating group) is 1. The van der Waals surface area contributed by atoms with Crippen molar-refractivity contribution in [3.63, 3.8) is 0 Å². The van der Waals surface area contributed by atoms with E-state index in [4.69, 9.17) is 10.7 Å². The van der Waals surface area contributed by atoms with Crippen LogP contribution in [0.5, 0.6) is 0 Å². The summed E-state index contributed by atoms with van der Waals surface area (Å²) in [6.07, 6.45) is 7.39. The Kier molecular flexibility index (Phi) is 4.22. The monoisotopic (exact) mass is 331 g/mol. The van der Waals surface area contributed by atoms with E-state index in [-0.39, 0.29) is 0 Å². The van der Waals surface area contributed by atoms with Crippen LogP contribution in [-0.2, 0) is 19.4 Å². The van der Waals surface area contributed by atoms with Crippen molar-refractivity contribution in [2.45, 2.75) is 51.1 Å². The fraction of sp³-hybridized carbons (Fsp3) is 0.647. The second-order valence-corrected chi connectivity index (χ2v) is 7.82. The lowest BCUT2D eigenvalue weighted by Gasteiger charge is -2.23. The van der Waals surface area contributed by atoms with Gasteiger partial charge in [0.25, 0.3) is 0 Å². The topological polar surface area (TPSA) is 67.1 Å². The average molecular weight is 331 g/mol. The molecule has 1 aliphatic heterocycles. The summed E-state index contributed by atoms with van der Waals surface area (Å²) in [4.78, 5) is 14.6. The van der Waals surface area contributed by atoms with Crippen molar-refractivity contribution in [3.8, 4) is 0 Å². The maximum atomic E-state index is 6.32. The van der Waals surface area contributed by atoms with E-state index in [1.807, 2.05) is 18.4 Å². The zero-order valence-electron chi connectivity index (χ0n) is 13.8. The molecule has 124 valence electrons. The molecule has 1 unspecified atom stereocenters. The molecule has 1 saturated heterocycles. The molecule has 2 aromatic rings. The van der Waals surface area contributed by atoms with Crippen LogP contribution in [0.15, 0.2) is 0 Å². The maximum Gasteiger partial charge on any atom is 0.146 e. The molecule has 1 fully saturated rings. The Labute approximate surface area is 141 Å². The Morgan fingerprint density at radius 3 is 3.00 bits per heavy atom. The molecular formula is C17H25N5S. The molecule has 0 saturated carbocycles. The van der Waals surface area contributed by atoms with Gasteiger partial charge in [-0.15, -0.1) is 11.3 Å². The van der Waals surface area contributed by atoms with Gasteiger partial charge in [0.1, 0.15) is 16.5 Å². The first kappa shape index (κ1) is 15.3. The molecule has 0 bridgehead atoms. The predicted molar refractivity (Wildman–Crippen MR) is 95.8 cm³/mol. The Hall–Kier alpha value is -1.24. The lowest BCUT2D eigenvalue weighted by molar-refractivity contribution is 0.237. The lowest BCUT2D eigenvalue weighted by atomic mass is 9.97. The highest BCUT2D eigenvalue weighted by atomic mass is 32.1. The quantitative estimate of drug-likeness (QED) is 0.900. The standard InChI is InChI=1S/C17H25N5S/c1-19-9-11-5-4-8-22(11)10-14-20-16(18)15-12-6-2-3-7-13(12)23-17(15)21-14/h11,19H,2-10H2,1H3,(H2,18,20,21). The van der Waals surface area contributed by atoms with Crippen molar-refractivity contribution in [1.82, 2.24) is 20.2 Å². The zero-order chi connectivity index (χ0) is 15.8. The first-order valence-electron chi connectivity index (χ1n) is 8.71. The van der Waals surface area contributed by atoms with Gasteiger partial charge in [0.2, 0.25) is 0 Å². The molecule has 0 spiro atoms. The number of nitrogens with two attached hydrogens (primary N) is 1. The molecular weight excluding hydrogens is 306 g/mol. The highest BCUT2D eigenvalue weighted by Crippen LogP contribution is 2.37. The molecule has 1 aliphatic carbocycles. The second-order valence-electron chi connectivity index (χ2n) is 6.74. The second kappa shape index (κ2) is 6.34. The number of aromatic nitrogens is 2. The fourth-order valence-corrected chi connectivity index (χ4v) is 5.34. The molecule has 2 aromatic heterocycles. The van der Waals surface area contributed by atoms with Crippen LogP contribution in [0.2, 0.25) is 0 Å². The summed E-state index contributed by atoms with van der Waals surface area (Å²) in [7, 11) is 2.02. The third kappa shape index (κ3) is 2.84. The SMILES string of the molecule is CNCC1CCCN1Cc1nc(N)c2c3c(sc2n1)CCCC3.